The molecule has 0 fully saturated rings. The lowest BCUT2D eigenvalue weighted by atomic mass is 10.2. The molecule has 0 aliphatic heterocycles. The Hall–Kier alpha value is -1.82. The highest BCUT2D eigenvalue weighted by Crippen LogP contribution is 2.30. The van der Waals surface area contributed by atoms with E-state index in [1.165, 1.54) is 0 Å². The van der Waals surface area contributed by atoms with Crippen molar-refractivity contribution in [2.24, 2.45) is 0 Å². The number of nitrogens with one attached hydrogen (secondary N) is 1. The van der Waals surface area contributed by atoms with Crippen LogP contribution in [0, 0.1) is 14.9 Å². The molecule has 0 unspecified atom stereocenters. The van der Waals surface area contributed by atoms with Gasteiger partial charge in [0, 0.05) is 9.26 Å². The van der Waals surface area contributed by atoms with E-state index >= 15 is 0 Å². The third-order valence-corrected chi connectivity index (χ3v) is 3.13. The van der Waals surface area contributed by atoms with Crippen LogP contribution in [0.2, 0.25) is 0 Å². The molecule has 20 heavy (non-hydrogen) atoms. The van der Waals surface area contributed by atoms with Crippen molar-refractivity contribution in [2.45, 2.75) is 6.18 Å². The van der Waals surface area contributed by atoms with Crippen molar-refractivity contribution in [2.75, 3.05) is 5.32 Å². The normalized spacial score (nSPS) is 10.9. The van der Waals surface area contributed by atoms with Gasteiger partial charge in [0.25, 0.3) is 0 Å². The van der Waals surface area contributed by atoms with E-state index in [2.05, 4.69) is 32.9 Å². The molecule has 7 heteroatoms. The van der Waals surface area contributed by atoms with Crippen LogP contribution in [0.25, 0.3) is 0 Å². The monoisotopic (exact) mass is 389 g/mol. The number of rotatable bonds is 2. The Kier molecular flexibility index (Phi) is 4.13. The molecule has 0 saturated carbocycles. The number of nitriles is 1. The van der Waals surface area contributed by atoms with Crippen molar-refractivity contribution in [3.05, 3.63) is 51.2 Å². The van der Waals surface area contributed by atoms with E-state index in [1.807, 2.05) is 6.07 Å². The second-order valence-electron chi connectivity index (χ2n) is 3.83. The van der Waals surface area contributed by atoms with Crippen LogP contribution in [0.15, 0.2) is 36.4 Å². The first-order valence-electron chi connectivity index (χ1n) is 5.41. The summed E-state index contributed by atoms with van der Waals surface area (Å²) in [6.07, 6.45) is -4.55. The largest absolute Gasteiger partial charge is 0.433 e. The molecule has 0 radical (unpaired) electrons. The first kappa shape index (κ1) is 14.6. The molecular formula is C13H7F3IN3. The van der Waals surface area contributed by atoms with Gasteiger partial charge in [-0.1, -0.05) is 0 Å². The summed E-state index contributed by atoms with van der Waals surface area (Å²) in [5.74, 6) is -0.108. The molecule has 0 aliphatic rings. The highest BCUT2D eigenvalue weighted by Gasteiger charge is 2.33. The number of benzene rings is 1. The highest BCUT2D eigenvalue weighted by molar-refractivity contribution is 14.1. The van der Waals surface area contributed by atoms with E-state index in [-0.39, 0.29) is 11.4 Å². The van der Waals surface area contributed by atoms with E-state index in [4.69, 9.17) is 5.26 Å². The number of hydrogen-bond donors (Lipinski definition) is 1. The fraction of sp³-hybridized carbons (Fsp3) is 0.0769. The van der Waals surface area contributed by atoms with Crippen molar-refractivity contribution in [3.63, 3.8) is 0 Å². The second kappa shape index (κ2) is 5.66. The summed E-state index contributed by atoms with van der Waals surface area (Å²) in [5, 5.41) is 11.6. The number of halogens is 4. The summed E-state index contributed by atoms with van der Waals surface area (Å²) >= 11 is 2.11. The SMILES string of the molecule is N#Cc1ccc(C(F)(F)F)nc1Nc1ccc(I)cc1. The van der Waals surface area contributed by atoms with Gasteiger partial charge in [0.05, 0.1) is 5.56 Å². The minimum absolute atomic E-state index is 0.0524. The van der Waals surface area contributed by atoms with Gasteiger partial charge >= 0.3 is 6.18 Å². The maximum absolute atomic E-state index is 12.6. The van der Waals surface area contributed by atoms with Crippen molar-refractivity contribution in [1.82, 2.24) is 4.98 Å². The Balaban J connectivity index is 2.39. The van der Waals surface area contributed by atoms with Crippen molar-refractivity contribution >= 4 is 34.1 Å². The number of nitrogens with zero attached hydrogens (tertiary/aromatic N) is 2. The fourth-order valence-electron chi connectivity index (χ4n) is 1.47. The molecule has 1 heterocycles. The molecule has 2 rings (SSSR count). The third-order valence-electron chi connectivity index (χ3n) is 2.41. The lowest BCUT2D eigenvalue weighted by Gasteiger charge is -2.11. The predicted octanol–water partition coefficient (Wildman–Crippen LogP) is 4.32. The van der Waals surface area contributed by atoms with Crippen molar-refractivity contribution in [1.29, 1.82) is 5.26 Å². The summed E-state index contributed by atoms with van der Waals surface area (Å²) < 4.78 is 38.9. The van der Waals surface area contributed by atoms with Gasteiger partial charge < -0.3 is 5.32 Å². The Labute approximate surface area is 126 Å². The van der Waals surface area contributed by atoms with Gasteiger partial charge in [0.1, 0.15) is 17.6 Å². The summed E-state index contributed by atoms with van der Waals surface area (Å²) in [6.45, 7) is 0. The van der Waals surface area contributed by atoms with Crippen LogP contribution < -0.4 is 5.32 Å². The topological polar surface area (TPSA) is 48.7 Å². The number of hydrogen-bond acceptors (Lipinski definition) is 3. The number of aromatic nitrogens is 1. The van der Waals surface area contributed by atoms with E-state index in [9.17, 15) is 13.2 Å². The van der Waals surface area contributed by atoms with Crippen molar-refractivity contribution < 1.29 is 13.2 Å². The average molecular weight is 389 g/mol. The molecule has 0 amide bonds. The maximum Gasteiger partial charge on any atom is 0.433 e. The number of alkyl halides is 3. The van der Waals surface area contributed by atoms with Gasteiger partial charge in [-0.3, -0.25) is 0 Å². The van der Waals surface area contributed by atoms with Gasteiger partial charge in [-0.25, -0.2) is 4.98 Å². The van der Waals surface area contributed by atoms with Gasteiger partial charge in [-0.2, -0.15) is 18.4 Å². The van der Waals surface area contributed by atoms with Gasteiger partial charge in [-0.15, -0.1) is 0 Å². The molecular weight excluding hydrogens is 382 g/mol. The number of anilines is 2. The van der Waals surface area contributed by atoms with Gasteiger partial charge in [0.15, 0.2) is 0 Å². The zero-order valence-electron chi connectivity index (χ0n) is 9.87. The van der Waals surface area contributed by atoms with Gasteiger partial charge in [-0.05, 0) is 59.0 Å². The molecule has 0 bridgehead atoms. The molecule has 1 N–H and O–H groups in total. The van der Waals surface area contributed by atoms with Crippen LogP contribution >= 0.6 is 22.6 Å². The van der Waals surface area contributed by atoms with Crippen LogP contribution in [0.4, 0.5) is 24.7 Å². The number of pyridine rings is 1. The van der Waals surface area contributed by atoms with E-state index in [0.29, 0.717) is 5.69 Å². The predicted molar refractivity (Wildman–Crippen MR) is 76.4 cm³/mol. The molecule has 0 atom stereocenters. The first-order chi connectivity index (χ1) is 9.40. The van der Waals surface area contributed by atoms with E-state index < -0.39 is 11.9 Å². The second-order valence-corrected chi connectivity index (χ2v) is 5.08. The average Bonchev–Trinajstić information content (AvgIpc) is 2.40. The smallest absolute Gasteiger partial charge is 0.339 e. The summed E-state index contributed by atoms with van der Waals surface area (Å²) in [5.41, 5.74) is -0.421. The van der Waals surface area contributed by atoms with Crippen LogP contribution in [0.3, 0.4) is 0 Å². The fourth-order valence-corrected chi connectivity index (χ4v) is 1.83. The molecule has 0 saturated heterocycles. The first-order valence-corrected chi connectivity index (χ1v) is 6.49. The Morgan fingerprint density at radius 3 is 2.30 bits per heavy atom. The Bertz CT molecular complexity index is 660. The Morgan fingerprint density at radius 1 is 1.10 bits per heavy atom. The zero-order chi connectivity index (χ0) is 14.8. The van der Waals surface area contributed by atoms with Gasteiger partial charge in [0.2, 0.25) is 0 Å². The van der Waals surface area contributed by atoms with Crippen LogP contribution in [0.5, 0.6) is 0 Å². The van der Waals surface area contributed by atoms with Crippen molar-refractivity contribution in [3.8, 4) is 6.07 Å². The van der Waals surface area contributed by atoms with Crippen LogP contribution in [-0.4, -0.2) is 4.98 Å². The lowest BCUT2D eigenvalue weighted by Crippen LogP contribution is -2.10. The zero-order valence-corrected chi connectivity index (χ0v) is 12.0. The highest BCUT2D eigenvalue weighted by atomic mass is 127. The summed E-state index contributed by atoms with van der Waals surface area (Å²) in [4.78, 5) is 3.47. The molecule has 0 aliphatic carbocycles. The van der Waals surface area contributed by atoms with Crippen LogP contribution in [0.1, 0.15) is 11.3 Å². The molecule has 0 spiro atoms. The quantitative estimate of drug-likeness (QED) is 0.779. The standard InChI is InChI=1S/C13H7F3IN3/c14-13(15,16)11-6-1-8(7-18)12(20-11)19-10-4-2-9(17)3-5-10/h1-6H,(H,19,20). The third kappa shape index (κ3) is 3.39. The lowest BCUT2D eigenvalue weighted by molar-refractivity contribution is -0.141. The van der Waals surface area contributed by atoms with E-state index in [0.717, 1.165) is 15.7 Å². The minimum Gasteiger partial charge on any atom is -0.339 e. The summed E-state index contributed by atoms with van der Waals surface area (Å²) in [6, 6.07) is 10.7. The van der Waals surface area contributed by atoms with E-state index in [1.54, 1.807) is 24.3 Å². The molecule has 3 nitrogen and oxygen atoms in total. The molecule has 2 aromatic rings. The minimum atomic E-state index is -4.55. The molecule has 102 valence electrons. The van der Waals surface area contributed by atoms with Crippen LogP contribution in [-0.2, 0) is 6.18 Å². The molecule has 1 aromatic carbocycles. The summed E-state index contributed by atoms with van der Waals surface area (Å²) in [7, 11) is 0. The Morgan fingerprint density at radius 2 is 1.75 bits per heavy atom. The molecule has 1 aromatic heterocycles. The maximum atomic E-state index is 12.6.